The summed E-state index contributed by atoms with van der Waals surface area (Å²) >= 11 is 3.19. The van der Waals surface area contributed by atoms with E-state index in [0.29, 0.717) is 6.42 Å². The van der Waals surface area contributed by atoms with Gasteiger partial charge in [0.25, 0.3) is 0 Å². The highest BCUT2D eigenvalue weighted by Crippen LogP contribution is 2.25. The number of nitrogens with zero attached hydrogens (tertiary/aromatic N) is 1. The number of hydrogen-bond donors (Lipinski definition) is 2. The molecule has 2 aromatic rings. The lowest BCUT2D eigenvalue weighted by atomic mass is 10.0. The number of thiophene rings is 1. The van der Waals surface area contributed by atoms with Crippen LogP contribution in [0.15, 0.2) is 22.2 Å². The minimum atomic E-state index is -0.391. The van der Waals surface area contributed by atoms with Crippen LogP contribution in [0.3, 0.4) is 0 Å². The van der Waals surface area contributed by atoms with Crippen LogP contribution in [0.4, 0.5) is 0 Å². The van der Waals surface area contributed by atoms with Crippen molar-refractivity contribution >= 4 is 28.6 Å². The predicted octanol–water partition coefficient (Wildman–Crippen LogP) is 2.69. The third-order valence-corrected chi connectivity index (χ3v) is 4.50. The van der Waals surface area contributed by atoms with Crippen molar-refractivity contribution in [1.82, 2.24) is 10.3 Å². The van der Waals surface area contributed by atoms with Crippen LogP contribution in [0.5, 0.6) is 0 Å². The summed E-state index contributed by atoms with van der Waals surface area (Å²) in [5, 5.41) is 18.8. The highest BCUT2D eigenvalue weighted by molar-refractivity contribution is 7.14. The van der Waals surface area contributed by atoms with Crippen LogP contribution in [0.2, 0.25) is 0 Å². The molecule has 108 valence electrons. The number of rotatable bonds is 6. The van der Waals surface area contributed by atoms with Gasteiger partial charge in [0, 0.05) is 28.5 Å². The molecule has 2 heterocycles. The van der Waals surface area contributed by atoms with Gasteiger partial charge in [-0.2, -0.15) is 11.3 Å². The summed E-state index contributed by atoms with van der Waals surface area (Å²) in [7, 11) is 0. The molecule has 20 heavy (non-hydrogen) atoms. The van der Waals surface area contributed by atoms with Crippen LogP contribution < -0.4 is 5.32 Å². The van der Waals surface area contributed by atoms with Gasteiger partial charge in [-0.15, -0.1) is 11.3 Å². The summed E-state index contributed by atoms with van der Waals surface area (Å²) in [6.07, 6.45) is 0.811. The predicted molar refractivity (Wildman–Crippen MR) is 83.1 cm³/mol. The highest BCUT2D eigenvalue weighted by atomic mass is 32.1. The summed E-state index contributed by atoms with van der Waals surface area (Å²) in [5.41, 5.74) is 1.50. The molecule has 0 aliphatic heterocycles. The fourth-order valence-electron chi connectivity index (χ4n) is 1.84. The largest absolute Gasteiger partial charge is 0.396 e. The molecule has 6 heteroatoms. The Balaban J connectivity index is 1.95. The van der Waals surface area contributed by atoms with Gasteiger partial charge in [-0.25, -0.2) is 4.98 Å². The Kier molecular flexibility index (Phi) is 4.91. The molecule has 0 saturated carbocycles. The Morgan fingerprint density at radius 2 is 2.25 bits per heavy atom. The normalized spacial score (nSPS) is 11.6. The minimum Gasteiger partial charge on any atom is -0.396 e. The summed E-state index contributed by atoms with van der Waals surface area (Å²) < 4.78 is 0. The van der Waals surface area contributed by atoms with E-state index in [1.165, 1.54) is 0 Å². The first-order valence-corrected chi connectivity index (χ1v) is 8.21. The second kappa shape index (κ2) is 6.47. The molecule has 0 fully saturated rings. The van der Waals surface area contributed by atoms with Crippen LogP contribution in [0.1, 0.15) is 26.0 Å². The number of hydrogen-bond acceptors (Lipinski definition) is 5. The summed E-state index contributed by atoms with van der Waals surface area (Å²) in [5.74, 6) is -0.0642. The molecule has 0 aliphatic rings. The molecule has 2 rings (SSSR count). The van der Waals surface area contributed by atoms with Gasteiger partial charge < -0.3 is 10.4 Å². The van der Waals surface area contributed by atoms with Crippen molar-refractivity contribution in [1.29, 1.82) is 0 Å². The molecule has 0 aromatic carbocycles. The molecule has 0 atom stereocenters. The number of amides is 1. The Labute approximate surface area is 126 Å². The summed E-state index contributed by atoms with van der Waals surface area (Å²) in [6, 6.07) is 2.03. The van der Waals surface area contributed by atoms with Crippen molar-refractivity contribution in [3.05, 3.63) is 27.9 Å². The monoisotopic (exact) mass is 310 g/mol. The van der Waals surface area contributed by atoms with E-state index in [1.807, 2.05) is 36.1 Å². The molecular weight excluding hydrogens is 292 g/mol. The van der Waals surface area contributed by atoms with Gasteiger partial charge in [0.2, 0.25) is 5.91 Å². The second-order valence-electron chi connectivity index (χ2n) is 5.24. The topological polar surface area (TPSA) is 62.2 Å². The van der Waals surface area contributed by atoms with Gasteiger partial charge in [0.15, 0.2) is 0 Å². The third-order valence-electron chi connectivity index (χ3n) is 2.88. The first kappa shape index (κ1) is 15.2. The molecule has 2 N–H and O–H groups in total. The average molecular weight is 310 g/mol. The number of carbonyl (C=O) groups excluding carboxylic acids is 1. The maximum atomic E-state index is 12.0. The third kappa shape index (κ3) is 4.13. The lowest BCUT2D eigenvalue weighted by Gasteiger charge is -2.25. The molecule has 4 nitrogen and oxygen atoms in total. The van der Waals surface area contributed by atoms with Crippen molar-refractivity contribution < 1.29 is 9.90 Å². The van der Waals surface area contributed by atoms with Crippen molar-refractivity contribution in [2.75, 3.05) is 6.61 Å². The van der Waals surface area contributed by atoms with Crippen LogP contribution in [-0.2, 0) is 11.2 Å². The molecule has 2 aromatic heterocycles. The first-order chi connectivity index (χ1) is 9.50. The van der Waals surface area contributed by atoms with Crippen molar-refractivity contribution in [2.24, 2.45) is 0 Å². The van der Waals surface area contributed by atoms with Gasteiger partial charge in [0.1, 0.15) is 5.01 Å². The molecule has 0 bridgehead atoms. The quantitative estimate of drug-likeness (QED) is 0.862. The van der Waals surface area contributed by atoms with E-state index in [0.717, 1.165) is 16.3 Å². The maximum absolute atomic E-state index is 12.0. The van der Waals surface area contributed by atoms with E-state index in [-0.39, 0.29) is 18.9 Å². The number of aliphatic hydroxyl groups excluding tert-OH is 1. The van der Waals surface area contributed by atoms with E-state index >= 15 is 0 Å². The van der Waals surface area contributed by atoms with E-state index in [4.69, 9.17) is 5.11 Å². The molecule has 0 radical (unpaired) electrons. The molecule has 0 aliphatic carbocycles. The Bertz CT molecular complexity index is 562. The van der Waals surface area contributed by atoms with Crippen LogP contribution in [0, 0.1) is 0 Å². The first-order valence-electron chi connectivity index (χ1n) is 6.39. The van der Waals surface area contributed by atoms with Crippen molar-refractivity contribution in [2.45, 2.75) is 32.2 Å². The van der Waals surface area contributed by atoms with Gasteiger partial charge in [0.05, 0.1) is 12.1 Å². The lowest BCUT2D eigenvalue weighted by Crippen LogP contribution is -2.44. The molecule has 0 spiro atoms. The number of carbonyl (C=O) groups is 1. The van der Waals surface area contributed by atoms with E-state index < -0.39 is 5.54 Å². The van der Waals surface area contributed by atoms with Crippen molar-refractivity contribution in [3.63, 3.8) is 0 Å². The number of aromatic nitrogens is 1. The van der Waals surface area contributed by atoms with Gasteiger partial charge in [-0.1, -0.05) is 0 Å². The highest BCUT2D eigenvalue weighted by Gasteiger charge is 2.20. The smallest absolute Gasteiger partial charge is 0.226 e. The van der Waals surface area contributed by atoms with Gasteiger partial charge >= 0.3 is 0 Å². The minimum absolute atomic E-state index is 0.0618. The lowest BCUT2D eigenvalue weighted by molar-refractivity contribution is -0.122. The van der Waals surface area contributed by atoms with Crippen LogP contribution in [-0.4, -0.2) is 28.1 Å². The van der Waals surface area contributed by atoms with Crippen LogP contribution in [0.25, 0.3) is 10.6 Å². The Hall–Kier alpha value is -1.24. The number of aliphatic hydroxyl groups is 1. The zero-order chi connectivity index (χ0) is 14.6. The molecule has 0 unspecified atom stereocenters. The Morgan fingerprint density at radius 3 is 2.90 bits per heavy atom. The number of thiazole rings is 1. The van der Waals surface area contributed by atoms with E-state index in [2.05, 4.69) is 10.3 Å². The Morgan fingerprint density at radius 1 is 1.45 bits per heavy atom. The average Bonchev–Trinajstić information content (AvgIpc) is 2.96. The van der Waals surface area contributed by atoms with Gasteiger partial charge in [-0.05, 0) is 31.7 Å². The standard InChI is InChI=1S/C14H18N2O2S2/c1-14(2,4-5-17)16-12(18)7-11-9-20-13(15-11)10-3-6-19-8-10/h3,6,8-9,17H,4-5,7H2,1-2H3,(H,16,18). The van der Waals surface area contributed by atoms with Gasteiger partial charge in [-0.3, -0.25) is 4.79 Å². The van der Waals surface area contributed by atoms with Crippen molar-refractivity contribution in [3.8, 4) is 10.6 Å². The number of nitrogens with one attached hydrogen (secondary N) is 1. The fourth-order valence-corrected chi connectivity index (χ4v) is 3.37. The zero-order valence-corrected chi connectivity index (χ0v) is 13.2. The van der Waals surface area contributed by atoms with Crippen LogP contribution >= 0.6 is 22.7 Å². The molecular formula is C14H18N2O2S2. The summed E-state index contributed by atoms with van der Waals surface area (Å²) in [6.45, 7) is 3.87. The maximum Gasteiger partial charge on any atom is 0.226 e. The van der Waals surface area contributed by atoms with E-state index in [1.54, 1.807) is 22.7 Å². The van der Waals surface area contributed by atoms with E-state index in [9.17, 15) is 4.79 Å². The SMILES string of the molecule is CC(C)(CCO)NC(=O)Cc1csc(-c2ccsc2)n1. The molecule has 0 saturated heterocycles. The second-order valence-corrected chi connectivity index (χ2v) is 6.88. The summed E-state index contributed by atoms with van der Waals surface area (Å²) in [4.78, 5) is 16.5. The fraction of sp³-hybridized carbons (Fsp3) is 0.429. The molecule has 1 amide bonds. The zero-order valence-electron chi connectivity index (χ0n) is 11.5.